The molecule has 7 nitrogen and oxygen atoms in total. The first kappa shape index (κ1) is 23.7. The van der Waals surface area contributed by atoms with E-state index in [4.69, 9.17) is 9.47 Å². The predicted octanol–water partition coefficient (Wildman–Crippen LogP) is 5.30. The van der Waals surface area contributed by atoms with Gasteiger partial charge in [0.2, 0.25) is 5.91 Å². The topological polar surface area (TPSA) is 78.3 Å². The number of aromatic nitrogens is 3. The van der Waals surface area contributed by atoms with Crippen LogP contribution in [-0.2, 0) is 11.3 Å². The Balaban J connectivity index is 1.62. The van der Waals surface area contributed by atoms with Crippen LogP contribution in [0.4, 0.5) is 5.69 Å². The zero-order valence-corrected chi connectivity index (χ0v) is 20.0. The van der Waals surface area contributed by atoms with Crippen molar-refractivity contribution in [1.82, 2.24) is 14.8 Å². The number of carbonyl (C=O) groups is 1. The van der Waals surface area contributed by atoms with Gasteiger partial charge in [-0.3, -0.25) is 4.79 Å². The van der Waals surface area contributed by atoms with Gasteiger partial charge in [-0.25, -0.2) is 0 Å². The number of nitrogens with one attached hydrogen (secondary N) is 1. The molecule has 0 spiro atoms. The molecule has 1 atom stereocenters. The highest BCUT2D eigenvalue weighted by Crippen LogP contribution is 2.31. The summed E-state index contributed by atoms with van der Waals surface area (Å²) in [7, 11) is 1.61. The molecule has 0 saturated carbocycles. The number of benzene rings is 2. The number of anilines is 1. The van der Waals surface area contributed by atoms with Crippen LogP contribution in [0, 0.1) is 0 Å². The van der Waals surface area contributed by atoms with Crippen molar-refractivity contribution in [2.45, 2.75) is 51.4 Å². The van der Waals surface area contributed by atoms with Gasteiger partial charge in [-0.05, 0) is 49.6 Å². The molecule has 1 unspecified atom stereocenters. The van der Waals surface area contributed by atoms with Crippen molar-refractivity contribution in [3.05, 3.63) is 59.9 Å². The number of carbonyl (C=O) groups excluding carboxylic acids is 1. The lowest BCUT2D eigenvalue weighted by atomic mass is 10.0. The number of rotatable bonds is 10. The van der Waals surface area contributed by atoms with Crippen LogP contribution >= 0.6 is 11.8 Å². The quantitative estimate of drug-likeness (QED) is 0.419. The third kappa shape index (κ3) is 5.82. The molecule has 1 amide bonds. The summed E-state index contributed by atoms with van der Waals surface area (Å²) in [6.07, 6.45) is -0.332. The van der Waals surface area contributed by atoms with Crippen molar-refractivity contribution < 1.29 is 14.3 Å². The molecular formula is C24H30N4O3S. The molecule has 8 heteroatoms. The normalized spacial score (nSPS) is 11.9. The van der Waals surface area contributed by atoms with E-state index in [1.165, 1.54) is 17.3 Å². The molecule has 0 bridgehead atoms. The summed E-state index contributed by atoms with van der Waals surface area (Å²) in [5.41, 5.74) is 2.03. The van der Waals surface area contributed by atoms with Crippen LogP contribution in [0.15, 0.2) is 53.7 Å². The third-order valence-corrected chi connectivity index (χ3v) is 5.96. The van der Waals surface area contributed by atoms with Crippen molar-refractivity contribution in [3.63, 3.8) is 0 Å². The van der Waals surface area contributed by atoms with Gasteiger partial charge in [-0.2, -0.15) is 0 Å². The minimum Gasteiger partial charge on any atom is -0.493 e. The summed E-state index contributed by atoms with van der Waals surface area (Å²) in [6.45, 7) is 8.89. The molecule has 1 heterocycles. The molecule has 0 aliphatic carbocycles. The van der Waals surface area contributed by atoms with Crippen LogP contribution in [0.25, 0.3) is 0 Å². The first-order valence-corrected chi connectivity index (χ1v) is 11.7. The fraction of sp³-hybridized carbons (Fsp3) is 0.375. The molecule has 0 aliphatic rings. The number of thioether (sulfide) groups is 1. The molecule has 0 fully saturated rings. The fourth-order valence-corrected chi connectivity index (χ4v) is 4.05. The lowest BCUT2D eigenvalue weighted by molar-refractivity contribution is -0.113. The monoisotopic (exact) mass is 454 g/mol. The van der Waals surface area contributed by atoms with Gasteiger partial charge in [-0.1, -0.05) is 49.9 Å². The Bertz CT molecular complexity index is 1030. The number of hydrogen-bond donors (Lipinski definition) is 1. The molecule has 0 aliphatic heterocycles. The highest BCUT2D eigenvalue weighted by Gasteiger charge is 2.20. The zero-order valence-electron chi connectivity index (χ0n) is 19.2. The Kier molecular flexibility index (Phi) is 8.16. The van der Waals surface area contributed by atoms with Crippen LogP contribution in [0.1, 0.15) is 51.1 Å². The highest BCUT2D eigenvalue weighted by molar-refractivity contribution is 7.99. The van der Waals surface area contributed by atoms with E-state index in [2.05, 4.69) is 29.4 Å². The third-order valence-electron chi connectivity index (χ3n) is 4.99. The second-order valence-corrected chi connectivity index (χ2v) is 8.55. The van der Waals surface area contributed by atoms with Gasteiger partial charge in [0.15, 0.2) is 28.6 Å². The second kappa shape index (κ2) is 11.0. The Labute approximate surface area is 193 Å². The molecule has 1 N–H and O–H groups in total. The van der Waals surface area contributed by atoms with E-state index in [-0.39, 0.29) is 17.8 Å². The molecule has 0 saturated heterocycles. The van der Waals surface area contributed by atoms with E-state index >= 15 is 0 Å². The van der Waals surface area contributed by atoms with Crippen LogP contribution in [0.5, 0.6) is 11.5 Å². The molecular weight excluding hydrogens is 424 g/mol. The van der Waals surface area contributed by atoms with Crippen LogP contribution in [0.3, 0.4) is 0 Å². The Morgan fingerprint density at radius 3 is 2.38 bits per heavy atom. The number of para-hydroxylation sites is 2. The summed E-state index contributed by atoms with van der Waals surface area (Å²) in [5, 5.41) is 12.2. The Morgan fingerprint density at radius 1 is 1.06 bits per heavy atom. The Morgan fingerprint density at radius 2 is 1.75 bits per heavy atom. The smallest absolute Gasteiger partial charge is 0.234 e. The van der Waals surface area contributed by atoms with Crippen molar-refractivity contribution >= 4 is 23.4 Å². The van der Waals surface area contributed by atoms with E-state index in [9.17, 15) is 4.79 Å². The van der Waals surface area contributed by atoms with E-state index < -0.39 is 0 Å². The molecule has 3 aromatic rings. The summed E-state index contributed by atoms with van der Waals surface area (Å²) in [4.78, 5) is 12.4. The van der Waals surface area contributed by atoms with E-state index in [1.54, 1.807) is 7.11 Å². The lowest BCUT2D eigenvalue weighted by Gasteiger charge is -2.17. The maximum Gasteiger partial charge on any atom is 0.234 e. The van der Waals surface area contributed by atoms with E-state index in [0.29, 0.717) is 34.9 Å². The van der Waals surface area contributed by atoms with Crippen LogP contribution in [-0.4, -0.2) is 33.5 Å². The summed E-state index contributed by atoms with van der Waals surface area (Å²) in [5.74, 6) is 2.62. The van der Waals surface area contributed by atoms with Gasteiger partial charge >= 0.3 is 0 Å². The summed E-state index contributed by atoms with van der Waals surface area (Å²) < 4.78 is 13.4. The maximum absolute atomic E-state index is 12.4. The van der Waals surface area contributed by atoms with Gasteiger partial charge in [0, 0.05) is 12.2 Å². The summed E-state index contributed by atoms with van der Waals surface area (Å²) in [6, 6.07) is 15.4. The molecule has 2 aromatic carbocycles. The van der Waals surface area contributed by atoms with Crippen LogP contribution < -0.4 is 14.8 Å². The number of hydrogen-bond acceptors (Lipinski definition) is 6. The largest absolute Gasteiger partial charge is 0.493 e. The SMILES string of the molecule is CCn1c(SCC(=O)Nc2ccc(C(C)C)cc2)nnc1C(C)Oc1ccccc1OC. The van der Waals surface area contributed by atoms with Gasteiger partial charge in [0.05, 0.1) is 12.9 Å². The van der Waals surface area contributed by atoms with Crippen molar-refractivity contribution in [2.75, 3.05) is 18.2 Å². The molecule has 170 valence electrons. The first-order valence-electron chi connectivity index (χ1n) is 10.7. The van der Waals surface area contributed by atoms with Gasteiger partial charge < -0.3 is 19.4 Å². The number of methoxy groups -OCH3 is 1. The van der Waals surface area contributed by atoms with Crippen molar-refractivity contribution in [2.24, 2.45) is 0 Å². The summed E-state index contributed by atoms with van der Waals surface area (Å²) >= 11 is 1.36. The van der Waals surface area contributed by atoms with Crippen molar-refractivity contribution in [3.8, 4) is 11.5 Å². The first-order chi connectivity index (χ1) is 15.4. The lowest BCUT2D eigenvalue weighted by Crippen LogP contribution is -2.15. The van der Waals surface area contributed by atoms with E-state index in [0.717, 1.165) is 5.69 Å². The minimum atomic E-state index is -0.332. The minimum absolute atomic E-state index is 0.0854. The molecule has 3 rings (SSSR count). The molecule has 0 radical (unpaired) electrons. The maximum atomic E-state index is 12.4. The van der Waals surface area contributed by atoms with Gasteiger partial charge in [0.1, 0.15) is 0 Å². The predicted molar refractivity (Wildman–Crippen MR) is 128 cm³/mol. The van der Waals surface area contributed by atoms with Gasteiger partial charge in [-0.15, -0.1) is 10.2 Å². The van der Waals surface area contributed by atoms with Crippen LogP contribution in [0.2, 0.25) is 0 Å². The second-order valence-electron chi connectivity index (χ2n) is 7.61. The average Bonchev–Trinajstić information content (AvgIpc) is 3.21. The zero-order chi connectivity index (χ0) is 23.1. The standard InChI is InChI=1S/C24H30N4O3S/c1-6-28-23(17(4)31-21-10-8-7-9-20(21)30-5)26-27-24(28)32-15-22(29)25-19-13-11-18(12-14-19)16(2)3/h7-14,16-17H,6,15H2,1-5H3,(H,25,29). The Hall–Kier alpha value is -3.00. The highest BCUT2D eigenvalue weighted by atomic mass is 32.2. The number of ether oxygens (including phenoxy) is 2. The van der Waals surface area contributed by atoms with E-state index in [1.807, 2.05) is 66.9 Å². The number of amides is 1. The molecule has 1 aromatic heterocycles. The van der Waals surface area contributed by atoms with Crippen molar-refractivity contribution in [1.29, 1.82) is 0 Å². The van der Waals surface area contributed by atoms with Gasteiger partial charge in [0.25, 0.3) is 0 Å². The molecule has 32 heavy (non-hydrogen) atoms. The fourth-order valence-electron chi connectivity index (χ4n) is 3.24. The average molecular weight is 455 g/mol. The number of nitrogens with zero attached hydrogens (tertiary/aromatic N) is 3.